The van der Waals surface area contributed by atoms with Crippen LogP contribution in [0.15, 0.2) is 24.3 Å². The summed E-state index contributed by atoms with van der Waals surface area (Å²) in [5, 5.41) is 1.59. The monoisotopic (exact) mass is 206 g/mol. The van der Waals surface area contributed by atoms with Gasteiger partial charge in [0.1, 0.15) is 5.15 Å². The van der Waals surface area contributed by atoms with E-state index in [0.29, 0.717) is 11.7 Å². The van der Waals surface area contributed by atoms with Gasteiger partial charge in [-0.05, 0) is 24.6 Å². The zero-order valence-corrected chi connectivity index (χ0v) is 8.67. The Morgan fingerprint density at radius 2 is 2.14 bits per heavy atom. The molecule has 0 saturated heterocycles. The molecule has 72 valence electrons. The van der Waals surface area contributed by atoms with Crippen molar-refractivity contribution < 1.29 is 0 Å². The van der Waals surface area contributed by atoms with Gasteiger partial charge in [0.25, 0.3) is 0 Å². The zero-order chi connectivity index (χ0) is 10.1. The predicted octanol–water partition coefficient (Wildman–Crippen LogP) is 2.66. The maximum Gasteiger partial charge on any atom is 0.134 e. The molecule has 1 aromatic carbocycles. The van der Waals surface area contributed by atoms with E-state index in [9.17, 15) is 0 Å². The third kappa shape index (κ3) is 1.59. The first-order valence-electron chi connectivity index (χ1n) is 4.46. The van der Waals surface area contributed by atoms with Crippen LogP contribution in [0.1, 0.15) is 11.1 Å². The first-order valence-corrected chi connectivity index (χ1v) is 4.84. The van der Waals surface area contributed by atoms with Gasteiger partial charge in [0.2, 0.25) is 0 Å². The van der Waals surface area contributed by atoms with Gasteiger partial charge in [-0.3, -0.25) is 0 Å². The first kappa shape index (κ1) is 9.44. The molecule has 0 spiro atoms. The van der Waals surface area contributed by atoms with Gasteiger partial charge in [-0.1, -0.05) is 23.7 Å². The van der Waals surface area contributed by atoms with Crippen LogP contribution in [0.4, 0.5) is 0 Å². The lowest BCUT2D eigenvalue weighted by Crippen LogP contribution is -1.98. The number of pyridine rings is 1. The Bertz CT molecular complexity index is 480. The zero-order valence-electron chi connectivity index (χ0n) is 7.92. The number of nitrogens with two attached hydrogens (primary N) is 1. The molecule has 0 unspecified atom stereocenters. The average molecular weight is 207 g/mol. The van der Waals surface area contributed by atoms with Crippen molar-refractivity contribution in [3.8, 4) is 0 Å². The number of rotatable bonds is 1. The molecule has 0 aliphatic rings. The minimum atomic E-state index is 0.426. The normalized spacial score (nSPS) is 10.8. The maximum absolute atomic E-state index is 5.96. The average Bonchev–Trinajstić information content (AvgIpc) is 2.16. The topological polar surface area (TPSA) is 38.9 Å². The Balaban J connectivity index is 2.73. The predicted molar refractivity (Wildman–Crippen MR) is 59.4 cm³/mol. The van der Waals surface area contributed by atoms with Crippen LogP contribution in [0.5, 0.6) is 0 Å². The third-order valence-corrected chi connectivity index (χ3v) is 2.55. The maximum atomic E-state index is 5.96. The van der Waals surface area contributed by atoms with Crippen LogP contribution in [-0.4, -0.2) is 4.98 Å². The second-order valence-corrected chi connectivity index (χ2v) is 3.70. The largest absolute Gasteiger partial charge is 0.326 e. The summed E-state index contributed by atoms with van der Waals surface area (Å²) in [4.78, 5) is 4.29. The van der Waals surface area contributed by atoms with E-state index in [1.807, 2.05) is 25.1 Å². The second kappa shape index (κ2) is 3.56. The second-order valence-electron chi connectivity index (χ2n) is 3.34. The summed E-state index contributed by atoms with van der Waals surface area (Å²) in [7, 11) is 0. The molecule has 2 aromatic rings. The number of nitrogens with zero attached hydrogens (tertiary/aromatic N) is 1. The van der Waals surface area contributed by atoms with E-state index >= 15 is 0 Å². The van der Waals surface area contributed by atoms with Crippen molar-refractivity contribution in [2.24, 2.45) is 5.73 Å². The summed E-state index contributed by atoms with van der Waals surface area (Å²) in [6.45, 7) is 2.46. The molecule has 3 heteroatoms. The molecule has 14 heavy (non-hydrogen) atoms. The number of benzene rings is 1. The van der Waals surface area contributed by atoms with Crippen molar-refractivity contribution >= 4 is 22.5 Å². The third-order valence-electron chi connectivity index (χ3n) is 2.22. The highest BCUT2D eigenvalue weighted by Crippen LogP contribution is 2.20. The van der Waals surface area contributed by atoms with E-state index in [4.69, 9.17) is 17.3 Å². The SMILES string of the molecule is Cc1ccc2cc(CN)c(Cl)nc2c1. The van der Waals surface area contributed by atoms with Crippen molar-refractivity contribution in [2.75, 3.05) is 0 Å². The van der Waals surface area contributed by atoms with E-state index < -0.39 is 0 Å². The fourth-order valence-electron chi connectivity index (χ4n) is 1.44. The standard InChI is InChI=1S/C11H11ClN2/c1-7-2-3-8-5-9(6-13)11(12)14-10(8)4-7/h2-5H,6,13H2,1H3. The molecular weight excluding hydrogens is 196 g/mol. The number of aryl methyl sites for hydroxylation is 1. The van der Waals surface area contributed by atoms with Gasteiger partial charge in [0, 0.05) is 17.5 Å². The number of hydrogen-bond donors (Lipinski definition) is 1. The molecular formula is C11H11ClN2. The molecule has 0 radical (unpaired) electrons. The van der Waals surface area contributed by atoms with Crippen molar-refractivity contribution in [1.29, 1.82) is 0 Å². The first-order chi connectivity index (χ1) is 6.70. The molecule has 1 heterocycles. The lowest BCUT2D eigenvalue weighted by atomic mass is 10.1. The molecule has 0 saturated carbocycles. The summed E-state index contributed by atoms with van der Waals surface area (Å²) in [6.07, 6.45) is 0. The number of halogens is 1. The quantitative estimate of drug-likeness (QED) is 0.729. The Morgan fingerprint density at radius 3 is 2.86 bits per heavy atom. The molecule has 0 bridgehead atoms. The van der Waals surface area contributed by atoms with Crippen LogP contribution in [0.3, 0.4) is 0 Å². The summed E-state index contributed by atoms with van der Waals surface area (Å²) in [6, 6.07) is 8.09. The van der Waals surface area contributed by atoms with E-state index in [2.05, 4.69) is 11.1 Å². The molecule has 2 nitrogen and oxygen atoms in total. The van der Waals surface area contributed by atoms with Crippen molar-refractivity contribution in [3.63, 3.8) is 0 Å². The van der Waals surface area contributed by atoms with Crippen LogP contribution in [0.2, 0.25) is 5.15 Å². The summed E-state index contributed by atoms with van der Waals surface area (Å²) < 4.78 is 0. The highest BCUT2D eigenvalue weighted by atomic mass is 35.5. The Labute approximate surface area is 87.7 Å². The Hall–Kier alpha value is -1.12. The molecule has 0 aliphatic heterocycles. The fraction of sp³-hybridized carbons (Fsp3) is 0.182. The lowest BCUT2D eigenvalue weighted by Gasteiger charge is -2.04. The molecule has 2 N–H and O–H groups in total. The van der Waals surface area contributed by atoms with E-state index in [-0.39, 0.29) is 0 Å². The molecule has 1 aromatic heterocycles. The molecule has 2 rings (SSSR count). The highest BCUT2D eigenvalue weighted by molar-refractivity contribution is 6.30. The van der Waals surface area contributed by atoms with Crippen LogP contribution in [0.25, 0.3) is 10.9 Å². The Kier molecular flexibility index (Phi) is 2.40. The van der Waals surface area contributed by atoms with Gasteiger partial charge in [0.05, 0.1) is 5.52 Å². The summed E-state index contributed by atoms with van der Waals surface area (Å²) in [5.41, 5.74) is 8.54. The number of hydrogen-bond acceptors (Lipinski definition) is 2. The molecule has 0 fully saturated rings. The fourth-order valence-corrected chi connectivity index (χ4v) is 1.66. The van der Waals surface area contributed by atoms with Gasteiger partial charge in [-0.25, -0.2) is 4.98 Å². The lowest BCUT2D eigenvalue weighted by molar-refractivity contribution is 1.06. The van der Waals surface area contributed by atoms with Gasteiger partial charge in [0.15, 0.2) is 0 Å². The van der Waals surface area contributed by atoms with Crippen molar-refractivity contribution in [2.45, 2.75) is 13.5 Å². The van der Waals surface area contributed by atoms with E-state index in [1.54, 1.807) is 0 Å². The van der Waals surface area contributed by atoms with E-state index in [0.717, 1.165) is 16.5 Å². The Morgan fingerprint density at radius 1 is 1.36 bits per heavy atom. The smallest absolute Gasteiger partial charge is 0.134 e. The molecule has 0 atom stereocenters. The van der Waals surface area contributed by atoms with Crippen LogP contribution < -0.4 is 5.73 Å². The molecule has 0 amide bonds. The number of fused-ring (bicyclic) bond motifs is 1. The van der Waals surface area contributed by atoms with Crippen LogP contribution in [-0.2, 0) is 6.54 Å². The van der Waals surface area contributed by atoms with Crippen LogP contribution >= 0.6 is 11.6 Å². The summed E-state index contributed by atoms with van der Waals surface area (Å²) in [5.74, 6) is 0. The number of aromatic nitrogens is 1. The van der Waals surface area contributed by atoms with Gasteiger partial charge in [-0.15, -0.1) is 0 Å². The minimum absolute atomic E-state index is 0.426. The highest BCUT2D eigenvalue weighted by Gasteiger charge is 2.02. The van der Waals surface area contributed by atoms with Gasteiger partial charge in [-0.2, -0.15) is 0 Å². The summed E-state index contributed by atoms with van der Waals surface area (Å²) >= 11 is 5.96. The van der Waals surface area contributed by atoms with Crippen molar-refractivity contribution in [1.82, 2.24) is 4.98 Å². The van der Waals surface area contributed by atoms with Crippen molar-refractivity contribution in [3.05, 3.63) is 40.5 Å². The van der Waals surface area contributed by atoms with E-state index in [1.165, 1.54) is 5.56 Å². The van der Waals surface area contributed by atoms with Gasteiger partial charge < -0.3 is 5.73 Å². The van der Waals surface area contributed by atoms with Crippen LogP contribution in [0, 0.1) is 6.92 Å². The van der Waals surface area contributed by atoms with Gasteiger partial charge >= 0.3 is 0 Å². The minimum Gasteiger partial charge on any atom is -0.326 e. The molecule has 0 aliphatic carbocycles.